The molecule has 0 unspecified atom stereocenters. The molecule has 0 N–H and O–H groups in total. The molecule has 0 spiro atoms. The summed E-state index contributed by atoms with van der Waals surface area (Å²) >= 11 is 0. The van der Waals surface area contributed by atoms with Gasteiger partial charge in [0.25, 0.3) is 0 Å². The van der Waals surface area contributed by atoms with Gasteiger partial charge in [-0.25, -0.2) is 14.5 Å². The van der Waals surface area contributed by atoms with Gasteiger partial charge in [-0.3, -0.25) is 0 Å². The summed E-state index contributed by atoms with van der Waals surface area (Å²) in [5.41, 5.74) is 2.86. The van der Waals surface area contributed by atoms with E-state index in [1.54, 1.807) is 0 Å². The Labute approximate surface area is 83.0 Å². The first-order valence-corrected chi connectivity index (χ1v) is 4.78. The van der Waals surface area contributed by atoms with Crippen LogP contribution in [0.25, 0.3) is 5.65 Å². The number of hydrogen-bond acceptors (Lipinski definition) is 3. The van der Waals surface area contributed by atoms with Gasteiger partial charge in [0.2, 0.25) is 0 Å². The molecule has 0 saturated carbocycles. The van der Waals surface area contributed by atoms with Gasteiger partial charge >= 0.3 is 0 Å². The van der Waals surface area contributed by atoms with Gasteiger partial charge in [0, 0.05) is 0 Å². The highest BCUT2D eigenvalue weighted by atomic mass is 15.3. The highest BCUT2D eigenvalue weighted by Gasteiger charge is 2.08. The molecule has 0 aliphatic heterocycles. The second-order valence-corrected chi connectivity index (χ2v) is 3.83. The van der Waals surface area contributed by atoms with Crippen LogP contribution in [0.4, 0.5) is 0 Å². The summed E-state index contributed by atoms with van der Waals surface area (Å²) in [7, 11) is 0. The zero-order valence-electron chi connectivity index (χ0n) is 8.94. The Kier molecular flexibility index (Phi) is 1.98. The average molecular weight is 190 g/mol. The van der Waals surface area contributed by atoms with Gasteiger partial charge < -0.3 is 0 Å². The van der Waals surface area contributed by atoms with Crippen molar-refractivity contribution in [2.24, 2.45) is 0 Å². The van der Waals surface area contributed by atoms with Gasteiger partial charge in [-0.15, -0.1) is 0 Å². The summed E-state index contributed by atoms with van der Waals surface area (Å²) < 4.78 is 1.81. The summed E-state index contributed by atoms with van der Waals surface area (Å²) in [4.78, 5) is 8.77. The molecule has 4 heteroatoms. The second kappa shape index (κ2) is 3.04. The Morgan fingerprint density at radius 3 is 2.57 bits per heavy atom. The lowest BCUT2D eigenvalue weighted by Gasteiger charge is -1.96. The number of nitrogens with zero attached hydrogens (tertiary/aromatic N) is 4. The van der Waals surface area contributed by atoms with Gasteiger partial charge in [-0.2, -0.15) is 5.10 Å². The molecule has 2 aromatic heterocycles. The number of rotatable bonds is 1. The maximum absolute atomic E-state index is 4.49. The van der Waals surface area contributed by atoms with E-state index in [2.05, 4.69) is 28.9 Å². The highest BCUT2D eigenvalue weighted by Crippen LogP contribution is 2.14. The Hall–Kier alpha value is -1.45. The molecule has 14 heavy (non-hydrogen) atoms. The van der Waals surface area contributed by atoms with E-state index in [9.17, 15) is 0 Å². The lowest BCUT2D eigenvalue weighted by Crippen LogP contribution is -1.99. The Morgan fingerprint density at radius 2 is 1.93 bits per heavy atom. The predicted octanol–water partition coefficient (Wildman–Crippen LogP) is 1.86. The summed E-state index contributed by atoms with van der Waals surface area (Å²) in [5, 5.41) is 4.28. The van der Waals surface area contributed by atoms with Gasteiger partial charge in [0.05, 0.1) is 17.6 Å². The molecular weight excluding hydrogens is 176 g/mol. The van der Waals surface area contributed by atoms with E-state index >= 15 is 0 Å². The molecule has 74 valence electrons. The monoisotopic (exact) mass is 190 g/mol. The summed E-state index contributed by atoms with van der Waals surface area (Å²) in [6, 6.07) is 0. The normalized spacial score (nSPS) is 11.5. The first-order valence-electron chi connectivity index (χ1n) is 4.78. The highest BCUT2D eigenvalue weighted by molar-refractivity contribution is 5.43. The molecule has 0 fully saturated rings. The number of aromatic nitrogens is 4. The van der Waals surface area contributed by atoms with Crippen LogP contribution in [0.1, 0.15) is 37.0 Å². The summed E-state index contributed by atoms with van der Waals surface area (Å²) in [6.07, 6.45) is 1.97. The molecule has 0 aromatic carbocycles. The molecule has 0 saturated heterocycles. The van der Waals surface area contributed by atoms with Crippen molar-refractivity contribution in [3.8, 4) is 0 Å². The lowest BCUT2D eigenvalue weighted by molar-refractivity contribution is 0.818. The number of hydrogen-bond donors (Lipinski definition) is 0. The van der Waals surface area contributed by atoms with Crippen molar-refractivity contribution in [3.05, 3.63) is 23.4 Å². The maximum atomic E-state index is 4.49. The third-order valence-corrected chi connectivity index (χ3v) is 2.20. The second-order valence-electron chi connectivity index (χ2n) is 3.83. The molecule has 2 heterocycles. The fourth-order valence-electron chi connectivity index (χ4n) is 1.46. The van der Waals surface area contributed by atoms with Crippen LogP contribution in [0.5, 0.6) is 0 Å². The quantitative estimate of drug-likeness (QED) is 0.689. The minimum absolute atomic E-state index is 0.427. The molecule has 0 aliphatic carbocycles. The van der Waals surface area contributed by atoms with E-state index in [0.717, 1.165) is 22.9 Å². The molecule has 0 atom stereocenters. The summed E-state index contributed by atoms with van der Waals surface area (Å²) in [6.45, 7) is 8.09. The van der Waals surface area contributed by atoms with Crippen LogP contribution >= 0.6 is 0 Å². The first-order chi connectivity index (χ1) is 6.58. The van der Waals surface area contributed by atoms with Crippen LogP contribution in [0.15, 0.2) is 6.20 Å². The Bertz CT molecular complexity index is 470. The molecule has 4 nitrogen and oxygen atoms in total. The smallest absolute Gasteiger partial charge is 0.175 e. The fourth-order valence-corrected chi connectivity index (χ4v) is 1.46. The standard InChI is InChI=1S/C10H14N4/c1-6(2)9-5-14-10(12-9)7(3)11-8(4)13-14/h5-6H,1-4H3. The van der Waals surface area contributed by atoms with Crippen molar-refractivity contribution in [2.45, 2.75) is 33.6 Å². The molecular formula is C10H14N4. The van der Waals surface area contributed by atoms with E-state index in [0.29, 0.717) is 5.92 Å². The van der Waals surface area contributed by atoms with Crippen LogP contribution < -0.4 is 0 Å². The SMILES string of the molecule is Cc1nc(C)c2nc(C(C)C)cn2n1. The van der Waals surface area contributed by atoms with Crippen molar-refractivity contribution >= 4 is 5.65 Å². The van der Waals surface area contributed by atoms with Crippen LogP contribution in [0, 0.1) is 13.8 Å². The molecule has 0 amide bonds. The zero-order valence-corrected chi connectivity index (χ0v) is 8.94. The van der Waals surface area contributed by atoms with Crippen molar-refractivity contribution < 1.29 is 0 Å². The van der Waals surface area contributed by atoms with Crippen molar-refractivity contribution in [1.29, 1.82) is 0 Å². The molecule has 0 radical (unpaired) electrons. The van der Waals surface area contributed by atoms with E-state index in [1.807, 2.05) is 24.6 Å². The third-order valence-electron chi connectivity index (χ3n) is 2.20. The minimum Gasteiger partial charge on any atom is -0.233 e. The van der Waals surface area contributed by atoms with Gasteiger partial charge in [-0.05, 0) is 19.8 Å². The van der Waals surface area contributed by atoms with Gasteiger partial charge in [0.1, 0.15) is 5.82 Å². The number of fused-ring (bicyclic) bond motifs is 1. The maximum Gasteiger partial charge on any atom is 0.175 e. The van der Waals surface area contributed by atoms with Crippen LogP contribution in [0.3, 0.4) is 0 Å². The van der Waals surface area contributed by atoms with Crippen molar-refractivity contribution in [2.75, 3.05) is 0 Å². The van der Waals surface area contributed by atoms with Crippen LogP contribution in [0.2, 0.25) is 0 Å². The lowest BCUT2D eigenvalue weighted by atomic mass is 10.2. The largest absolute Gasteiger partial charge is 0.233 e. The Morgan fingerprint density at radius 1 is 1.21 bits per heavy atom. The van der Waals surface area contributed by atoms with E-state index in [1.165, 1.54) is 0 Å². The molecule has 0 aliphatic rings. The predicted molar refractivity (Wildman–Crippen MR) is 54.3 cm³/mol. The fraction of sp³-hybridized carbons (Fsp3) is 0.500. The van der Waals surface area contributed by atoms with Gasteiger partial charge in [0.15, 0.2) is 5.65 Å². The average Bonchev–Trinajstić information content (AvgIpc) is 2.47. The molecule has 2 aromatic rings. The third kappa shape index (κ3) is 1.36. The van der Waals surface area contributed by atoms with Gasteiger partial charge in [-0.1, -0.05) is 13.8 Å². The van der Waals surface area contributed by atoms with Crippen LogP contribution in [-0.2, 0) is 0 Å². The van der Waals surface area contributed by atoms with Crippen LogP contribution in [-0.4, -0.2) is 19.6 Å². The van der Waals surface area contributed by atoms with Crippen molar-refractivity contribution in [1.82, 2.24) is 19.6 Å². The number of imidazole rings is 1. The Balaban J connectivity index is 2.70. The molecule has 0 bridgehead atoms. The van der Waals surface area contributed by atoms with E-state index in [-0.39, 0.29) is 0 Å². The summed E-state index contributed by atoms with van der Waals surface area (Å²) in [5.74, 6) is 1.21. The van der Waals surface area contributed by atoms with E-state index in [4.69, 9.17) is 0 Å². The minimum atomic E-state index is 0.427. The van der Waals surface area contributed by atoms with Crippen molar-refractivity contribution in [3.63, 3.8) is 0 Å². The number of aryl methyl sites for hydroxylation is 2. The molecule has 2 rings (SSSR count). The topological polar surface area (TPSA) is 43.1 Å². The zero-order chi connectivity index (χ0) is 10.3. The van der Waals surface area contributed by atoms with E-state index < -0.39 is 0 Å². The first kappa shape index (κ1) is 9.12.